The molecule has 0 spiro atoms. The van der Waals surface area contributed by atoms with Gasteiger partial charge in [0.2, 0.25) is 5.91 Å². The molecule has 0 bridgehead atoms. The lowest BCUT2D eigenvalue weighted by Gasteiger charge is -2.21. The van der Waals surface area contributed by atoms with Gasteiger partial charge in [0.15, 0.2) is 0 Å². The van der Waals surface area contributed by atoms with E-state index in [0.717, 1.165) is 25.7 Å². The molecule has 6 nitrogen and oxygen atoms in total. The van der Waals surface area contributed by atoms with Gasteiger partial charge < -0.3 is 15.3 Å². The van der Waals surface area contributed by atoms with Gasteiger partial charge in [0.05, 0.1) is 5.92 Å². The molecule has 1 heterocycles. The number of rotatable bonds is 4. The highest BCUT2D eigenvalue weighted by atomic mass is 16.4. The van der Waals surface area contributed by atoms with Gasteiger partial charge in [-0.1, -0.05) is 32.3 Å². The van der Waals surface area contributed by atoms with Gasteiger partial charge in [-0.3, -0.25) is 14.4 Å². The van der Waals surface area contributed by atoms with Crippen LogP contribution in [0, 0.1) is 17.8 Å². The third-order valence-electron chi connectivity index (χ3n) is 5.57. The van der Waals surface area contributed by atoms with Crippen LogP contribution in [0.3, 0.4) is 0 Å². The van der Waals surface area contributed by atoms with E-state index in [1.807, 2.05) is 6.92 Å². The molecule has 6 heteroatoms. The number of likely N-dealkylation sites (tertiary alicyclic amines) is 1. The zero-order valence-electron chi connectivity index (χ0n) is 15.1. The minimum Gasteiger partial charge on any atom is -0.481 e. The summed E-state index contributed by atoms with van der Waals surface area (Å²) in [6.45, 7) is 2.52. The smallest absolute Gasteiger partial charge is 0.308 e. The van der Waals surface area contributed by atoms with Crippen molar-refractivity contribution in [2.24, 2.45) is 17.8 Å². The third-order valence-corrected chi connectivity index (χ3v) is 5.57. The first-order valence-electron chi connectivity index (χ1n) is 9.38. The molecule has 1 saturated carbocycles. The van der Waals surface area contributed by atoms with E-state index in [2.05, 4.69) is 5.32 Å². The summed E-state index contributed by atoms with van der Waals surface area (Å²) in [6, 6.07) is 6.92. The van der Waals surface area contributed by atoms with E-state index in [4.69, 9.17) is 0 Å². The van der Waals surface area contributed by atoms with E-state index in [1.165, 1.54) is 6.42 Å². The maximum Gasteiger partial charge on any atom is 0.308 e. The van der Waals surface area contributed by atoms with E-state index in [0.29, 0.717) is 17.8 Å². The minimum atomic E-state index is -0.860. The van der Waals surface area contributed by atoms with Gasteiger partial charge in [-0.05, 0) is 37.0 Å². The van der Waals surface area contributed by atoms with E-state index in [9.17, 15) is 19.5 Å². The molecule has 0 unspecified atom stereocenters. The van der Waals surface area contributed by atoms with E-state index >= 15 is 0 Å². The number of benzene rings is 1. The Bertz CT molecular complexity index is 697. The first kappa shape index (κ1) is 18.4. The average Bonchev–Trinajstić information content (AvgIpc) is 3.04. The molecule has 1 saturated heterocycles. The molecule has 3 rings (SSSR count). The topological polar surface area (TPSA) is 86.7 Å². The molecule has 2 amide bonds. The van der Waals surface area contributed by atoms with Crippen molar-refractivity contribution >= 4 is 23.5 Å². The van der Waals surface area contributed by atoms with Gasteiger partial charge in [-0.15, -0.1) is 0 Å². The molecule has 2 fully saturated rings. The van der Waals surface area contributed by atoms with Crippen molar-refractivity contribution in [3.8, 4) is 0 Å². The molecule has 0 radical (unpaired) electrons. The lowest BCUT2D eigenvalue weighted by Crippen LogP contribution is -2.30. The Kier molecular flexibility index (Phi) is 5.59. The lowest BCUT2D eigenvalue weighted by atomic mass is 9.88. The van der Waals surface area contributed by atoms with Gasteiger partial charge in [0, 0.05) is 30.3 Å². The Balaban J connectivity index is 1.66. The molecule has 140 valence electrons. The maximum absolute atomic E-state index is 12.7. The monoisotopic (exact) mass is 358 g/mol. The SMILES string of the molecule is C[C@@H]1CN(C(=O)c2cccc(NC(=O)C3CCCCC3)c2)C[C@H]1C(=O)O. The van der Waals surface area contributed by atoms with Crippen LogP contribution >= 0.6 is 0 Å². The summed E-state index contributed by atoms with van der Waals surface area (Å²) < 4.78 is 0. The first-order valence-corrected chi connectivity index (χ1v) is 9.38. The minimum absolute atomic E-state index is 0.0232. The molecule has 2 atom stereocenters. The normalized spacial score (nSPS) is 23.7. The van der Waals surface area contributed by atoms with Crippen LogP contribution in [0.2, 0.25) is 0 Å². The fourth-order valence-corrected chi connectivity index (χ4v) is 3.98. The first-order chi connectivity index (χ1) is 12.5. The number of carboxylic acids is 1. The summed E-state index contributed by atoms with van der Waals surface area (Å²) in [6.07, 6.45) is 5.22. The van der Waals surface area contributed by atoms with Crippen molar-refractivity contribution in [2.75, 3.05) is 18.4 Å². The number of carbonyl (C=O) groups is 3. The molecular formula is C20H26N2O4. The molecule has 1 aliphatic carbocycles. The number of hydrogen-bond donors (Lipinski definition) is 2. The highest BCUT2D eigenvalue weighted by molar-refractivity contribution is 5.98. The fraction of sp³-hybridized carbons (Fsp3) is 0.550. The molecule has 1 aromatic rings. The van der Waals surface area contributed by atoms with E-state index in [1.54, 1.807) is 29.2 Å². The van der Waals surface area contributed by atoms with Crippen LogP contribution in [0.1, 0.15) is 49.4 Å². The number of nitrogens with one attached hydrogen (secondary N) is 1. The maximum atomic E-state index is 12.7. The van der Waals surface area contributed by atoms with Gasteiger partial charge in [-0.2, -0.15) is 0 Å². The number of nitrogens with zero attached hydrogens (tertiary/aromatic N) is 1. The summed E-state index contributed by atoms with van der Waals surface area (Å²) >= 11 is 0. The second-order valence-corrected chi connectivity index (χ2v) is 7.54. The van der Waals surface area contributed by atoms with Crippen molar-refractivity contribution in [1.82, 2.24) is 4.90 Å². The van der Waals surface area contributed by atoms with Gasteiger partial charge >= 0.3 is 5.97 Å². The molecule has 2 N–H and O–H groups in total. The Labute approximate surface area is 153 Å². The van der Waals surface area contributed by atoms with Crippen molar-refractivity contribution in [3.63, 3.8) is 0 Å². The molecule has 26 heavy (non-hydrogen) atoms. The van der Waals surface area contributed by atoms with Crippen LogP contribution in [-0.4, -0.2) is 40.9 Å². The van der Waals surface area contributed by atoms with Crippen molar-refractivity contribution in [3.05, 3.63) is 29.8 Å². The average molecular weight is 358 g/mol. The second-order valence-electron chi connectivity index (χ2n) is 7.54. The van der Waals surface area contributed by atoms with Gasteiger partial charge in [0.25, 0.3) is 5.91 Å². The van der Waals surface area contributed by atoms with Crippen LogP contribution in [0.15, 0.2) is 24.3 Å². The molecule has 1 aromatic carbocycles. The zero-order valence-corrected chi connectivity index (χ0v) is 15.1. The number of carbonyl (C=O) groups excluding carboxylic acids is 2. The van der Waals surface area contributed by atoms with Crippen molar-refractivity contribution < 1.29 is 19.5 Å². The molecule has 1 aliphatic heterocycles. The summed E-state index contributed by atoms with van der Waals surface area (Å²) in [5.41, 5.74) is 1.10. The highest BCUT2D eigenvalue weighted by Crippen LogP contribution is 2.27. The quantitative estimate of drug-likeness (QED) is 0.866. The standard InChI is InChI=1S/C20H26N2O4/c1-13-11-22(12-17(13)20(25)26)19(24)15-8-5-9-16(10-15)21-18(23)14-6-3-2-4-7-14/h5,8-10,13-14,17H,2-4,6-7,11-12H2,1H3,(H,21,23)(H,25,26)/t13-,17-/m1/s1. The summed E-state index contributed by atoms with van der Waals surface area (Å²) in [5, 5.41) is 12.2. The number of amides is 2. The predicted octanol–water partition coefficient (Wildman–Crippen LogP) is 3.00. The van der Waals surface area contributed by atoms with E-state index < -0.39 is 11.9 Å². The predicted molar refractivity (Wildman–Crippen MR) is 97.8 cm³/mol. The Morgan fingerprint density at radius 1 is 1.12 bits per heavy atom. The van der Waals surface area contributed by atoms with Crippen LogP contribution in [0.25, 0.3) is 0 Å². The Hall–Kier alpha value is -2.37. The Morgan fingerprint density at radius 3 is 2.50 bits per heavy atom. The summed E-state index contributed by atoms with van der Waals surface area (Å²) in [4.78, 5) is 38.0. The number of hydrogen-bond acceptors (Lipinski definition) is 3. The van der Waals surface area contributed by atoms with Crippen molar-refractivity contribution in [2.45, 2.75) is 39.0 Å². The lowest BCUT2D eigenvalue weighted by molar-refractivity contribution is -0.142. The van der Waals surface area contributed by atoms with Gasteiger partial charge in [0.1, 0.15) is 0 Å². The van der Waals surface area contributed by atoms with Crippen LogP contribution in [0.5, 0.6) is 0 Å². The Morgan fingerprint density at radius 2 is 1.85 bits per heavy atom. The zero-order chi connectivity index (χ0) is 18.7. The number of aliphatic carboxylic acids is 1. The number of carboxylic acid groups (broad SMARTS) is 1. The summed E-state index contributed by atoms with van der Waals surface area (Å²) in [5.74, 6) is -1.55. The van der Waals surface area contributed by atoms with Crippen LogP contribution < -0.4 is 5.32 Å². The second kappa shape index (κ2) is 7.89. The largest absolute Gasteiger partial charge is 0.481 e. The molecular weight excluding hydrogens is 332 g/mol. The summed E-state index contributed by atoms with van der Waals surface area (Å²) in [7, 11) is 0. The van der Waals surface area contributed by atoms with Gasteiger partial charge in [-0.25, -0.2) is 0 Å². The van der Waals surface area contributed by atoms with E-state index in [-0.39, 0.29) is 30.2 Å². The third kappa shape index (κ3) is 4.06. The van der Waals surface area contributed by atoms with Crippen LogP contribution in [0.4, 0.5) is 5.69 Å². The van der Waals surface area contributed by atoms with Crippen LogP contribution in [-0.2, 0) is 9.59 Å². The van der Waals surface area contributed by atoms with Crippen molar-refractivity contribution in [1.29, 1.82) is 0 Å². The molecule has 2 aliphatic rings. The molecule has 0 aromatic heterocycles. The highest BCUT2D eigenvalue weighted by Gasteiger charge is 2.37. The fourth-order valence-electron chi connectivity index (χ4n) is 3.98. The number of anilines is 1.